The lowest BCUT2D eigenvalue weighted by Crippen LogP contribution is -2.26. The fourth-order valence-electron chi connectivity index (χ4n) is 3.36. The first-order valence-electron chi connectivity index (χ1n) is 8.52. The molecule has 1 amide bonds. The minimum Gasteiger partial charge on any atom is -0.454 e. The Morgan fingerprint density at radius 1 is 1.19 bits per heavy atom. The number of benzene rings is 1. The van der Waals surface area contributed by atoms with Gasteiger partial charge in [0.15, 0.2) is 11.5 Å². The van der Waals surface area contributed by atoms with E-state index < -0.39 is 0 Å². The van der Waals surface area contributed by atoms with Crippen molar-refractivity contribution >= 4 is 27.5 Å². The molecule has 2 aromatic heterocycles. The van der Waals surface area contributed by atoms with E-state index in [1.54, 1.807) is 0 Å². The molecule has 3 heterocycles. The van der Waals surface area contributed by atoms with Crippen molar-refractivity contribution in [1.82, 2.24) is 10.3 Å². The first-order valence-corrected chi connectivity index (χ1v) is 9.33. The molecule has 134 valence electrons. The number of thiophene rings is 1. The van der Waals surface area contributed by atoms with Crippen molar-refractivity contribution in [2.24, 2.45) is 0 Å². The molecule has 1 atom stereocenters. The summed E-state index contributed by atoms with van der Waals surface area (Å²) in [4.78, 5) is 19.1. The van der Waals surface area contributed by atoms with Crippen molar-refractivity contribution in [2.45, 2.75) is 33.7 Å². The SMILES string of the molecule is Cc1cc(C)c2c(C)c(C(=O)NC(C)c3ccc4c(c3)OCO4)sc2n1. The topological polar surface area (TPSA) is 60.5 Å². The van der Waals surface area contributed by atoms with Gasteiger partial charge in [0.25, 0.3) is 5.91 Å². The molecule has 1 aromatic carbocycles. The Balaban J connectivity index is 1.61. The third kappa shape index (κ3) is 2.80. The number of hydrogen-bond donors (Lipinski definition) is 1. The summed E-state index contributed by atoms with van der Waals surface area (Å²) in [6.45, 7) is 8.23. The maximum atomic E-state index is 12.9. The van der Waals surface area contributed by atoms with Gasteiger partial charge in [-0.2, -0.15) is 0 Å². The zero-order chi connectivity index (χ0) is 18.4. The number of ether oxygens (including phenoxy) is 2. The highest BCUT2D eigenvalue weighted by molar-refractivity contribution is 7.20. The molecule has 0 aliphatic carbocycles. The molecule has 26 heavy (non-hydrogen) atoms. The third-order valence-corrected chi connectivity index (χ3v) is 5.86. The summed E-state index contributed by atoms with van der Waals surface area (Å²) < 4.78 is 10.8. The van der Waals surface area contributed by atoms with E-state index in [1.807, 2.05) is 39.0 Å². The molecule has 0 radical (unpaired) electrons. The van der Waals surface area contributed by atoms with Crippen molar-refractivity contribution in [3.8, 4) is 11.5 Å². The van der Waals surface area contributed by atoms with Gasteiger partial charge in [-0.3, -0.25) is 4.79 Å². The summed E-state index contributed by atoms with van der Waals surface area (Å²) in [6, 6.07) is 7.66. The predicted molar refractivity (Wildman–Crippen MR) is 102 cm³/mol. The number of aryl methyl sites for hydroxylation is 3. The number of aromatic nitrogens is 1. The average molecular weight is 368 g/mol. The summed E-state index contributed by atoms with van der Waals surface area (Å²) in [7, 11) is 0. The van der Waals surface area contributed by atoms with Crippen LogP contribution in [0.3, 0.4) is 0 Å². The number of carbonyl (C=O) groups is 1. The Morgan fingerprint density at radius 2 is 1.96 bits per heavy atom. The second-order valence-electron chi connectivity index (χ2n) is 6.62. The second-order valence-corrected chi connectivity index (χ2v) is 7.62. The maximum absolute atomic E-state index is 12.9. The van der Waals surface area contributed by atoms with Crippen LogP contribution in [0.1, 0.15) is 45.0 Å². The molecule has 6 heteroatoms. The van der Waals surface area contributed by atoms with Gasteiger partial charge in [-0.05, 0) is 62.6 Å². The fraction of sp³-hybridized carbons (Fsp3) is 0.300. The van der Waals surface area contributed by atoms with Crippen LogP contribution in [0, 0.1) is 20.8 Å². The van der Waals surface area contributed by atoms with Crippen LogP contribution < -0.4 is 14.8 Å². The molecule has 0 saturated heterocycles. The standard InChI is InChI=1S/C20H20N2O3S/c1-10-7-11(2)21-20-17(10)12(3)18(26-20)19(23)22-13(4)14-5-6-15-16(8-14)25-9-24-15/h5-8,13H,9H2,1-4H3,(H,22,23). The predicted octanol–water partition coefficient (Wildman–Crippen LogP) is 4.44. The highest BCUT2D eigenvalue weighted by Crippen LogP contribution is 2.35. The Morgan fingerprint density at radius 3 is 2.77 bits per heavy atom. The first-order chi connectivity index (χ1) is 12.4. The minimum absolute atomic E-state index is 0.0762. The van der Waals surface area contributed by atoms with E-state index >= 15 is 0 Å². The van der Waals surface area contributed by atoms with E-state index in [1.165, 1.54) is 11.3 Å². The Bertz CT molecular complexity index is 1030. The lowest BCUT2D eigenvalue weighted by atomic mass is 10.1. The largest absolute Gasteiger partial charge is 0.454 e. The van der Waals surface area contributed by atoms with Crippen molar-refractivity contribution in [3.63, 3.8) is 0 Å². The molecular weight excluding hydrogens is 348 g/mol. The highest BCUT2D eigenvalue weighted by Gasteiger charge is 2.21. The van der Waals surface area contributed by atoms with Crippen LogP contribution in [0.2, 0.25) is 0 Å². The molecule has 1 unspecified atom stereocenters. The number of rotatable bonds is 3. The first kappa shape index (κ1) is 16.8. The quantitative estimate of drug-likeness (QED) is 0.742. The van der Waals surface area contributed by atoms with E-state index in [9.17, 15) is 4.79 Å². The Kier molecular flexibility index (Phi) is 4.07. The highest BCUT2D eigenvalue weighted by atomic mass is 32.1. The van der Waals surface area contributed by atoms with Crippen LogP contribution in [-0.4, -0.2) is 17.7 Å². The van der Waals surface area contributed by atoms with E-state index in [0.29, 0.717) is 4.88 Å². The molecular formula is C20H20N2O3S. The zero-order valence-electron chi connectivity index (χ0n) is 15.2. The molecule has 0 bridgehead atoms. The van der Waals surface area contributed by atoms with E-state index in [-0.39, 0.29) is 18.7 Å². The second kappa shape index (κ2) is 6.29. The molecule has 1 aliphatic rings. The van der Waals surface area contributed by atoms with Crippen LogP contribution in [0.15, 0.2) is 24.3 Å². The van der Waals surface area contributed by atoms with Gasteiger partial charge < -0.3 is 14.8 Å². The summed E-state index contributed by atoms with van der Waals surface area (Å²) >= 11 is 1.45. The number of fused-ring (bicyclic) bond motifs is 2. The summed E-state index contributed by atoms with van der Waals surface area (Å²) in [6.07, 6.45) is 0. The molecule has 3 aromatic rings. The molecule has 1 N–H and O–H groups in total. The number of nitrogens with one attached hydrogen (secondary N) is 1. The third-order valence-electron chi connectivity index (χ3n) is 4.68. The maximum Gasteiger partial charge on any atom is 0.262 e. The van der Waals surface area contributed by atoms with Gasteiger partial charge in [0.05, 0.1) is 10.9 Å². The van der Waals surface area contributed by atoms with Gasteiger partial charge in [-0.25, -0.2) is 4.98 Å². The lowest BCUT2D eigenvalue weighted by Gasteiger charge is -2.14. The normalized spacial score (nSPS) is 13.8. The Labute approximate surface area is 156 Å². The number of nitrogens with zero attached hydrogens (tertiary/aromatic N) is 1. The number of amides is 1. The molecule has 0 saturated carbocycles. The van der Waals surface area contributed by atoms with Gasteiger partial charge in [-0.15, -0.1) is 11.3 Å². The molecule has 1 aliphatic heterocycles. The molecule has 0 spiro atoms. The van der Waals surface area contributed by atoms with Crippen molar-refractivity contribution in [3.05, 3.63) is 51.5 Å². The van der Waals surface area contributed by atoms with Gasteiger partial charge in [0.2, 0.25) is 6.79 Å². The average Bonchev–Trinajstić information content (AvgIpc) is 3.18. The van der Waals surface area contributed by atoms with Crippen LogP contribution in [-0.2, 0) is 0 Å². The smallest absolute Gasteiger partial charge is 0.262 e. The van der Waals surface area contributed by atoms with Crippen LogP contribution >= 0.6 is 11.3 Å². The van der Waals surface area contributed by atoms with E-state index in [4.69, 9.17) is 9.47 Å². The van der Waals surface area contributed by atoms with Gasteiger partial charge >= 0.3 is 0 Å². The van der Waals surface area contributed by atoms with Crippen LogP contribution in [0.5, 0.6) is 11.5 Å². The van der Waals surface area contributed by atoms with Gasteiger partial charge in [-0.1, -0.05) is 6.07 Å². The number of pyridine rings is 1. The molecule has 0 fully saturated rings. The summed E-state index contributed by atoms with van der Waals surface area (Å²) in [5, 5.41) is 4.17. The number of hydrogen-bond acceptors (Lipinski definition) is 5. The van der Waals surface area contributed by atoms with Crippen LogP contribution in [0.25, 0.3) is 10.2 Å². The molecule has 5 nitrogen and oxygen atoms in total. The van der Waals surface area contributed by atoms with E-state index in [2.05, 4.69) is 23.3 Å². The van der Waals surface area contributed by atoms with Gasteiger partial charge in [0, 0.05) is 11.1 Å². The van der Waals surface area contributed by atoms with Crippen molar-refractivity contribution in [2.75, 3.05) is 6.79 Å². The summed E-state index contributed by atoms with van der Waals surface area (Å²) in [5.41, 5.74) is 4.10. The van der Waals surface area contributed by atoms with E-state index in [0.717, 1.165) is 44.1 Å². The lowest BCUT2D eigenvalue weighted by molar-refractivity contribution is 0.0943. The summed E-state index contributed by atoms with van der Waals surface area (Å²) in [5.74, 6) is 1.38. The van der Waals surface area contributed by atoms with Gasteiger partial charge in [0.1, 0.15) is 4.83 Å². The van der Waals surface area contributed by atoms with Crippen molar-refractivity contribution in [1.29, 1.82) is 0 Å². The number of carbonyl (C=O) groups excluding carboxylic acids is 1. The minimum atomic E-state index is -0.141. The van der Waals surface area contributed by atoms with Crippen LogP contribution in [0.4, 0.5) is 0 Å². The Hall–Kier alpha value is -2.60. The fourth-order valence-corrected chi connectivity index (χ4v) is 4.57. The zero-order valence-corrected chi connectivity index (χ0v) is 16.0. The molecule has 4 rings (SSSR count). The van der Waals surface area contributed by atoms with Crippen molar-refractivity contribution < 1.29 is 14.3 Å². The monoisotopic (exact) mass is 368 g/mol.